The molecule has 2 rings (SSSR count). The van der Waals surface area contributed by atoms with Crippen LogP contribution in [-0.2, 0) is 10.0 Å². The first-order valence-electron chi connectivity index (χ1n) is 7.45. The molecular weight excluding hydrogens is 384 g/mol. The van der Waals surface area contributed by atoms with Crippen molar-refractivity contribution >= 4 is 33.0 Å². The molecule has 0 amide bonds. The topological polar surface area (TPSA) is 99.0 Å². The molecule has 2 aromatic rings. The lowest BCUT2D eigenvalue weighted by atomic mass is 10.3. The number of benzene rings is 2. The lowest BCUT2D eigenvalue weighted by Gasteiger charge is -2.24. The van der Waals surface area contributed by atoms with Crippen molar-refractivity contribution in [1.82, 2.24) is 0 Å². The molecule has 0 aliphatic rings. The maximum atomic E-state index is 13.1. The van der Waals surface area contributed by atoms with Crippen molar-refractivity contribution in [3.8, 4) is 11.5 Å². The highest BCUT2D eigenvalue weighted by atomic mass is 35.5. The Bertz CT molecular complexity index is 932. The lowest BCUT2D eigenvalue weighted by Crippen LogP contribution is -2.31. The second kappa shape index (κ2) is 7.79. The Labute approximate surface area is 156 Å². The predicted molar refractivity (Wildman–Crippen MR) is 97.9 cm³/mol. The van der Waals surface area contributed by atoms with Gasteiger partial charge in [-0.25, -0.2) is 8.42 Å². The fourth-order valence-corrected chi connectivity index (χ4v) is 4.15. The predicted octanol–water partition coefficient (Wildman–Crippen LogP) is 3.48. The first-order chi connectivity index (χ1) is 12.3. The molecule has 0 aliphatic carbocycles. The summed E-state index contributed by atoms with van der Waals surface area (Å²) in [6.45, 7) is 1.63. The van der Waals surface area contributed by atoms with Crippen LogP contribution in [0, 0.1) is 10.1 Å². The second-order valence-corrected chi connectivity index (χ2v) is 7.35. The van der Waals surface area contributed by atoms with Crippen LogP contribution in [0.2, 0.25) is 5.02 Å². The molecule has 10 heteroatoms. The third-order valence-electron chi connectivity index (χ3n) is 3.64. The van der Waals surface area contributed by atoms with Crippen LogP contribution in [0.4, 0.5) is 11.4 Å². The van der Waals surface area contributed by atoms with Crippen LogP contribution in [0.25, 0.3) is 0 Å². The van der Waals surface area contributed by atoms with Gasteiger partial charge in [0.2, 0.25) is 0 Å². The van der Waals surface area contributed by atoms with Gasteiger partial charge in [0.1, 0.15) is 0 Å². The van der Waals surface area contributed by atoms with Crippen LogP contribution in [0.5, 0.6) is 11.5 Å². The zero-order chi connectivity index (χ0) is 19.5. The average Bonchev–Trinajstić information content (AvgIpc) is 2.62. The van der Waals surface area contributed by atoms with Crippen molar-refractivity contribution in [1.29, 1.82) is 0 Å². The number of anilines is 1. The van der Waals surface area contributed by atoms with Crippen molar-refractivity contribution in [2.24, 2.45) is 0 Å². The first-order valence-corrected chi connectivity index (χ1v) is 9.26. The molecule has 140 valence electrons. The van der Waals surface area contributed by atoms with Crippen molar-refractivity contribution < 1.29 is 22.8 Å². The first kappa shape index (κ1) is 19.8. The van der Waals surface area contributed by atoms with Crippen LogP contribution in [0.1, 0.15) is 6.92 Å². The summed E-state index contributed by atoms with van der Waals surface area (Å²) in [4.78, 5) is 10.3. The fourth-order valence-electron chi connectivity index (χ4n) is 2.38. The lowest BCUT2D eigenvalue weighted by molar-refractivity contribution is -0.384. The van der Waals surface area contributed by atoms with Gasteiger partial charge in [0.05, 0.1) is 34.7 Å². The number of nitro groups is 1. The molecule has 0 aromatic heterocycles. The van der Waals surface area contributed by atoms with Gasteiger partial charge >= 0.3 is 0 Å². The Morgan fingerprint density at radius 2 is 1.77 bits per heavy atom. The number of methoxy groups -OCH3 is 2. The molecule has 0 atom stereocenters. The van der Waals surface area contributed by atoms with Gasteiger partial charge in [0, 0.05) is 24.7 Å². The molecule has 0 radical (unpaired) electrons. The van der Waals surface area contributed by atoms with E-state index < -0.39 is 14.9 Å². The van der Waals surface area contributed by atoms with E-state index in [0.29, 0.717) is 5.75 Å². The largest absolute Gasteiger partial charge is 0.493 e. The smallest absolute Gasteiger partial charge is 0.271 e. The summed E-state index contributed by atoms with van der Waals surface area (Å²) in [5.74, 6) is 0.623. The summed E-state index contributed by atoms with van der Waals surface area (Å²) in [6, 6.07) is 7.79. The Morgan fingerprint density at radius 1 is 1.12 bits per heavy atom. The van der Waals surface area contributed by atoms with E-state index in [1.807, 2.05) is 0 Å². The van der Waals surface area contributed by atoms with Gasteiger partial charge in [-0.05, 0) is 25.1 Å². The van der Waals surface area contributed by atoms with Gasteiger partial charge in [-0.1, -0.05) is 11.6 Å². The number of hydrogen-bond donors (Lipinski definition) is 0. The normalized spacial score (nSPS) is 11.1. The quantitative estimate of drug-likeness (QED) is 0.521. The zero-order valence-electron chi connectivity index (χ0n) is 14.3. The number of nitrogens with zero attached hydrogens (tertiary/aromatic N) is 2. The van der Waals surface area contributed by atoms with Gasteiger partial charge in [-0.2, -0.15) is 0 Å². The molecule has 2 aromatic carbocycles. The maximum Gasteiger partial charge on any atom is 0.271 e. The Balaban J connectivity index is 2.59. The number of ether oxygens (including phenoxy) is 2. The molecule has 0 bridgehead atoms. The summed E-state index contributed by atoms with van der Waals surface area (Å²) in [5.41, 5.74) is -0.233. The molecular formula is C16H17ClN2O6S. The van der Waals surface area contributed by atoms with Crippen molar-refractivity contribution in [2.45, 2.75) is 11.8 Å². The molecule has 0 unspecified atom stereocenters. The van der Waals surface area contributed by atoms with E-state index in [-0.39, 0.29) is 33.6 Å². The molecule has 0 saturated carbocycles. The molecule has 26 heavy (non-hydrogen) atoms. The number of hydrogen-bond acceptors (Lipinski definition) is 6. The van der Waals surface area contributed by atoms with Crippen LogP contribution in [0.15, 0.2) is 41.3 Å². The van der Waals surface area contributed by atoms with Gasteiger partial charge in [-0.3, -0.25) is 14.4 Å². The number of sulfonamides is 1. The van der Waals surface area contributed by atoms with E-state index >= 15 is 0 Å². The molecule has 0 heterocycles. The standard InChI is InChI=1S/C16H17ClN2O6S/c1-4-18(14-9-11(19(20)21)5-7-13(14)17)26(22,23)12-6-8-15(24-2)16(10-12)25-3/h5-10H,4H2,1-3H3. The summed E-state index contributed by atoms with van der Waals surface area (Å²) < 4.78 is 37.4. The average molecular weight is 401 g/mol. The van der Waals surface area contributed by atoms with E-state index in [0.717, 1.165) is 10.4 Å². The monoisotopic (exact) mass is 400 g/mol. The molecule has 8 nitrogen and oxygen atoms in total. The van der Waals surface area contributed by atoms with E-state index in [4.69, 9.17) is 21.1 Å². The number of rotatable bonds is 7. The number of halogens is 1. The molecule has 0 saturated heterocycles. The molecule has 0 N–H and O–H groups in total. The Hall–Kier alpha value is -2.52. The third-order valence-corrected chi connectivity index (χ3v) is 5.84. The van der Waals surface area contributed by atoms with Gasteiger partial charge in [0.25, 0.3) is 15.7 Å². The van der Waals surface area contributed by atoms with Crippen molar-refractivity contribution in [3.05, 3.63) is 51.5 Å². The molecule has 0 spiro atoms. The highest BCUT2D eigenvalue weighted by molar-refractivity contribution is 7.92. The fraction of sp³-hybridized carbons (Fsp3) is 0.250. The zero-order valence-corrected chi connectivity index (χ0v) is 15.9. The minimum atomic E-state index is -4.04. The van der Waals surface area contributed by atoms with E-state index in [2.05, 4.69) is 0 Å². The highest BCUT2D eigenvalue weighted by Crippen LogP contribution is 2.36. The van der Waals surface area contributed by atoms with E-state index in [1.165, 1.54) is 44.6 Å². The third kappa shape index (κ3) is 3.68. The summed E-state index contributed by atoms with van der Waals surface area (Å²) in [7, 11) is -1.21. The Kier molecular flexibility index (Phi) is 5.94. The minimum Gasteiger partial charge on any atom is -0.493 e. The highest BCUT2D eigenvalue weighted by Gasteiger charge is 2.28. The van der Waals surface area contributed by atoms with E-state index in [9.17, 15) is 18.5 Å². The van der Waals surface area contributed by atoms with Gasteiger partial charge in [-0.15, -0.1) is 0 Å². The van der Waals surface area contributed by atoms with Crippen molar-refractivity contribution in [3.63, 3.8) is 0 Å². The summed E-state index contributed by atoms with van der Waals surface area (Å²) in [5, 5.41) is 11.1. The van der Waals surface area contributed by atoms with Crippen molar-refractivity contribution in [2.75, 3.05) is 25.1 Å². The summed E-state index contributed by atoms with van der Waals surface area (Å²) in [6.07, 6.45) is 0. The van der Waals surface area contributed by atoms with E-state index in [1.54, 1.807) is 6.92 Å². The van der Waals surface area contributed by atoms with Crippen LogP contribution >= 0.6 is 11.6 Å². The van der Waals surface area contributed by atoms with Crippen LogP contribution < -0.4 is 13.8 Å². The number of nitro benzene ring substituents is 1. The Morgan fingerprint density at radius 3 is 2.31 bits per heavy atom. The summed E-state index contributed by atoms with van der Waals surface area (Å²) >= 11 is 6.10. The molecule has 0 fully saturated rings. The van der Waals surface area contributed by atoms with Gasteiger partial charge < -0.3 is 9.47 Å². The van der Waals surface area contributed by atoms with Crippen LogP contribution in [-0.4, -0.2) is 34.1 Å². The number of non-ortho nitro benzene ring substituents is 1. The van der Waals surface area contributed by atoms with Gasteiger partial charge in [0.15, 0.2) is 11.5 Å². The molecule has 0 aliphatic heterocycles. The SMILES string of the molecule is CCN(c1cc([N+](=O)[O-])ccc1Cl)S(=O)(=O)c1ccc(OC)c(OC)c1. The maximum absolute atomic E-state index is 13.1. The minimum absolute atomic E-state index is 0.0254. The van der Waals surface area contributed by atoms with Crippen LogP contribution in [0.3, 0.4) is 0 Å². The second-order valence-electron chi connectivity index (χ2n) is 5.08.